The van der Waals surface area contributed by atoms with Crippen molar-refractivity contribution < 1.29 is 9.15 Å². The number of nitrogens with zero attached hydrogens (tertiary/aromatic N) is 2. The highest BCUT2D eigenvalue weighted by Crippen LogP contribution is 2.18. The summed E-state index contributed by atoms with van der Waals surface area (Å²) in [7, 11) is 3.70. The maximum atomic E-state index is 5.40. The van der Waals surface area contributed by atoms with Crippen molar-refractivity contribution in [3.63, 3.8) is 0 Å². The lowest BCUT2D eigenvalue weighted by Gasteiger charge is -2.23. The predicted molar refractivity (Wildman–Crippen MR) is 88.0 cm³/mol. The monoisotopic (exact) mass is 301 g/mol. The fourth-order valence-corrected chi connectivity index (χ4v) is 2.19. The van der Waals surface area contributed by atoms with E-state index >= 15 is 0 Å². The maximum Gasteiger partial charge on any atom is 0.194 e. The van der Waals surface area contributed by atoms with Gasteiger partial charge in [-0.3, -0.25) is 0 Å². The molecule has 118 valence electrons. The highest BCUT2D eigenvalue weighted by molar-refractivity contribution is 5.79. The van der Waals surface area contributed by atoms with Crippen LogP contribution in [0.15, 0.2) is 52.1 Å². The largest absolute Gasteiger partial charge is 0.496 e. The predicted octanol–water partition coefficient (Wildman–Crippen LogP) is 2.89. The molecule has 2 rings (SSSR count). The van der Waals surface area contributed by atoms with Crippen LogP contribution in [0, 0.1) is 0 Å². The molecule has 0 radical (unpaired) electrons. The smallest absolute Gasteiger partial charge is 0.194 e. The molecule has 0 aliphatic carbocycles. The number of hydrogen-bond donors (Lipinski definition) is 1. The van der Waals surface area contributed by atoms with E-state index in [0.717, 1.165) is 29.6 Å². The molecule has 0 amide bonds. The van der Waals surface area contributed by atoms with Crippen molar-refractivity contribution in [1.29, 1.82) is 0 Å². The van der Waals surface area contributed by atoms with Crippen molar-refractivity contribution >= 4 is 5.96 Å². The van der Waals surface area contributed by atoms with E-state index < -0.39 is 0 Å². The standard InChI is InChI=1S/C17H23N3O2/c1-4-18-17(19-12-15-9-7-11-22-15)20(2)13-14-8-5-6-10-16(14)21-3/h5-11H,4,12-13H2,1-3H3,(H,18,19). The number of methoxy groups -OCH3 is 1. The van der Waals surface area contributed by atoms with Gasteiger partial charge in [-0.1, -0.05) is 18.2 Å². The molecule has 0 bridgehead atoms. The van der Waals surface area contributed by atoms with Crippen LogP contribution < -0.4 is 10.1 Å². The average molecular weight is 301 g/mol. The third-order valence-electron chi connectivity index (χ3n) is 3.26. The minimum absolute atomic E-state index is 0.519. The number of para-hydroxylation sites is 1. The van der Waals surface area contributed by atoms with Crippen LogP contribution in [0.4, 0.5) is 0 Å². The molecule has 0 atom stereocenters. The lowest BCUT2D eigenvalue weighted by atomic mass is 10.2. The minimum atomic E-state index is 0.519. The topological polar surface area (TPSA) is 50.0 Å². The van der Waals surface area contributed by atoms with Crippen LogP contribution in [-0.2, 0) is 13.1 Å². The summed E-state index contributed by atoms with van der Waals surface area (Å²) in [6.07, 6.45) is 1.66. The molecule has 1 N–H and O–H groups in total. The molecular formula is C17H23N3O2. The van der Waals surface area contributed by atoms with Crippen molar-refractivity contribution in [1.82, 2.24) is 10.2 Å². The Bertz CT molecular complexity index is 594. The van der Waals surface area contributed by atoms with Crippen molar-refractivity contribution in [2.75, 3.05) is 20.7 Å². The molecular weight excluding hydrogens is 278 g/mol. The first-order valence-corrected chi connectivity index (χ1v) is 7.38. The van der Waals surface area contributed by atoms with Crippen LogP contribution in [-0.4, -0.2) is 31.6 Å². The normalized spacial score (nSPS) is 11.3. The summed E-state index contributed by atoms with van der Waals surface area (Å²) in [5.74, 6) is 2.57. The van der Waals surface area contributed by atoms with Gasteiger partial charge in [0.05, 0.1) is 13.4 Å². The van der Waals surface area contributed by atoms with Gasteiger partial charge in [0.1, 0.15) is 18.1 Å². The van der Waals surface area contributed by atoms with Crippen LogP contribution in [0.2, 0.25) is 0 Å². The van der Waals surface area contributed by atoms with Gasteiger partial charge < -0.3 is 19.4 Å². The van der Waals surface area contributed by atoms with E-state index in [9.17, 15) is 0 Å². The fraction of sp³-hybridized carbons (Fsp3) is 0.353. The summed E-state index contributed by atoms with van der Waals surface area (Å²) in [6, 6.07) is 11.8. The summed E-state index contributed by atoms with van der Waals surface area (Å²) in [5, 5.41) is 3.30. The number of nitrogens with one attached hydrogen (secondary N) is 1. The summed E-state index contributed by atoms with van der Waals surface area (Å²) in [5.41, 5.74) is 1.12. The van der Waals surface area contributed by atoms with E-state index in [2.05, 4.69) is 28.2 Å². The summed E-state index contributed by atoms with van der Waals surface area (Å²) in [6.45, 7) is 4.10. The third-order valence-corrected chi connectivity index (χ3v) is 3.26. The Hall–Kier alpha value is -2.43. The van der Waals surface area contributed by atoms with Crippen molar-refractivity contribution in [2.24, 2.45) is 4.99 Å². The van der Waals surface area contributed by atoms with E-state index in [-0.39, 0.29) is 0 Å². The van der Waals surface area contributed by atoms with E-state index in [1.54, 1.807) is 13.4 Å². The van der Waals surface area contributed by atoms with Crippen LogP contribution in [0.25, 0.3) is 0 Å². The highest BCUT2D eigenvalue weighted by atomic mass is 16.5. The molecule has 22 heavy (non-hydrogen) atoms. The van der Waals surface area contributed by atoms with Crippen LogP contribution >= 0.6 is 0 Å². The molecule has 0 spiro atoms. The Balaban J connectivity index is 2.08. The summed E-state index contributed by atoms with van der Waals surface area (Å²) < 4.78 is 10.7. The number of aliphatic imine (C=N–C) groups is 1. The summed E-state index contributed by atoms with van der Waals surface area (Å²) >= 11 is 0. The number of benzene rings is 1. The van der Waals surface area contributed by atoms with Crippen LogP contribution in [0.3, 0.4) is 0 Å². The molecule has 5 heteroatoms. The zero-order valence-electron chi connectivity index (χ0n) is 13.4. The van der Waals surface area contributed by atoms with Gasteiger partial charge in [0, 0.05) is 25.7 Å². The molecule has 0 aliphatic rings. The average Bonchev–Trinajstić information content (AvgIpc) is 3.05. The number of guanidine groups is 1. The second-order valence-electron chi connectivity index (χ2n) is 4.92. The maximum absolute atomic E-state index is 5.40. The second-order valence-corrected chi connectivity index (χ2v) is 4.92. The number of ether oxygens (including phenoxy) is 1. The van der Waals surface area contributed by atoms with Crippen molar-refractivity contribution in [2.45, 2.75) is 20.0 Å². The lowest BCUT2D eigenvalue weighted by Crippen LogP contribution is -2.38. The van der Waals surface area contributed by atoms with Gasteiger partial charge in [0.2, 0.25) is 0 Å². The lowest BCUT2D eigenvalue weighted by molar-refractivity contribution is 0.395. The molecule has 2 aromatic rings. The molecule has 5 nitrogen and oxygen atoms in total. The first kappa shape index (κ1) is 15.9. The molecule has 0 unspecified atom stereocenters. The van der Waals surface area contributed by atoms with Gasteiger partial charge in [-0.2, -0.15) is 0 Å². The molecule has 1 heterocycles. The quantitative estimate of drug-likeness (QED) is 0.658. The Labute approximate surface area is 131 Å². The highest BCUT2D eigenvalue weighted by Gasteiger charge is 2.10. The molecule has 0 saturated heterocycles. The van der Waals surface area contributed by atoms with Gasteiger partial charge in [0.25, 0.3) is 0 Å². The number of rotatable bonds is 6. The Morgan fingerprint density at radius 2 is 2.09 bits per heavy atom. The Kier molecular flexibility index (Phi) is 5.89. The third kappa shape index (κ3) is 4.28. The first-order valence-electron chi connectivity index (χ1n) is 7.38. The zero-order chi connectivity index (χ0) is 15.8. The molecule has 0 aliphatic heterocycles. The zero-order valence-corrected chi connectivity index (χ0v) is 13.4. The van der Waals surface area contributed by atoms with Gasteiger partial charge in [-0.05, 0) is 25.1 Å². The molecule has 0 fully saturated rings. The van der Waals surface area contributed by atoms with Crippen LogP contribution in [0.5, 0.6) is 5.75 Å². The van der Waals surface area contributed by atoms with Crippen molar-refractivity contribution in [3.05, 3.63) is 54.0 Å². The SMILES string of the molecule is CCNC(=NCc1ccco1)N(C)Cc1ccccc1OC. The molecule has 0 saturated carbocycles. The summed E-state index contributed by atoms with van der Waals surface area (Å²) in [4.78, 5) is 6.68. The fourth-order valence-electron chi connectivity index (χ4n) is 2.19. The van der Waals surface area contributed by atoms with Gasteiger partial charge >= 0.3 is 0 Å². The van der Waals surface area contributed by atoms with Gasteiger partial charge in [0.15, 0.2) is 5.96 Å². The Morgan fingerprint density at radius 3 is 2.77 bits per heavy atom. The first-order chi connectivity index (χ1) is 10.7. The van der Waals surface area contributed by atoms with E-state index in [1.807, 2.05) is 37.4 Å². The number of furan rings is 1. The van der Waals surface area contributed by atoms with E-state index in [1.165, 1.54) is 0 Å². The molecule has 1 aromatic heterocycles. The van der Waals surface area contributed by atoms with E-state index in [4.69, 9.17) is 9.15 Å². The van der Waals surface area contributed by atoms with Gasteiger partial charge in [-0.25, -0.2) is 4.99 Å². The van der Waals surface area contributed by atoms with E-state index in [0.29, 0.717) is 13.1 Å². The molecule has 1 aromatic carbocycles. The van der Waals surface area contributed by atoms with Crippen LogP contribution in [0.1, 0.15) is 18.2 Å². The number of hydrogen-bond acceptors (Lipinski definition) is 3. The Morgan fingerprint density at radius 1 is 1.27 bits per heavy atom. The van der Waals surface area contributed by atoms with Gasteiger partial charge in [-0.15, -0.1) is 0 Å². The minimum Gasteiger partial charge on any atom is -0.496 e. The second kappa shape index (κ2) is 8.12. The van der Waals surface area contributed by atoms with Crippen molar-refractivity contribution in [3.8, 4) is 5.75 Å².